The summed E-state index contributed by atoms with van der Waals surface area (Å²) in [6.07, 6.45) is 0.824. The zero-order valence-electron chi connectivity index (χ0n) is 10.5. The van der Waals surface area contributed by atoms with Crippen LogP contribution in [0.2, 0.25) is 0 Å². The van der Waals surface area contributed by atoms with Gasteiger partial charge >= 0.3 is 0 Å². The van der Waals surface area contributed by atoms with Gasteiger partial charge in [0, 0.05) is 16.8 Å². The molecule has 0 spiro atoms. The molecule has 0 aliphatic rings. The average molecular weight is 350 g/mol. The molecule has 3 rings (SSSR count). The molecule has 2 aromatic heterocycles. The molecule has 0 aliphatic heterocycles. The Morgan fingerprint density at radius 1 is 1.30 bits per heavy atom. The summed E-state index contributed by atoms with van der Waals surface area (Å²) in [5.41, 5.74) is 1.33. The van der Waals surface area contributed by atoms with E-state index in [0.717, 1.165) is 21.1 Å². The Bertz CT molecular complexity index is 750. The molecule has 3 aromatic rings. The quantitative estimate of drug-likeness (QED) is 0.758. The van der Waals surface area contributed by atoms with Crippen LogP contribution in [-0.4, -0.2) is 22.6 Å². The molecule has 102 valence electrons. The molecule has 0 aliphatic carbocycles. The van der Waals surface area contributed by atoms with Gasteiger partial charge in [0.2, 0.25) is 0 Å². The van der Waals surface area contributed by atoms with E-state index in [1.54, 1.807) is 11.3 Å². The second-order valence-corrected chi connectivity index (χ2v) is 6.88. The first-order chi connectivity index (χ1) is 9.74. The van der Waals surface area contributed by atoms with Crippen LogP contribution in [0.3, 0.4) is 0 Å². The maximum atomic E-state index is 12.1. The van der Waals surface area contributed by atoms with E-state index in [1.807, 2.05) is 30.3 Å². The maximum absolute atomic E-state index is 12.1. The molecule has 0 unspecified atom stereocenters. The molecular weight excluding hydrogens is 338 g/mol. The molecule has 0 saturated carbocycles. The number of carbonyl (C=O) groups is 1. The summed E-state index contributed by atoms with van der Waals surface area (Å²) >= 11 is 5.11. The van der Waals surface area contributed by atoms with E-state index in [9.17, 15) is 4.79 Å². The summed E-state index contributed by atoms with van der Waals surface area (Å²) in [4.78, 5) is 13.4. The molecule has 4 nitrogen and oxygen atoms in total. The van der Waals surface area contributed by atoms with Gasteiger partial charge in [-0.05, 0) is 40.5 Å². The predicted octanol–water partition coefficient (Wildman–Crippen LogP) is 3.36. The lowest BCUT2D eigenvalue weighted by Gasteiger charge is -2.02. The van der Waals surface area contributed by atoms with E-state index in [-0.39, 0.29) is 5.91 Å². The number of para-hydroxylation sites is 1. The Labute approximate surface area is 128 Å². The van der Waals surface area contributed by atoms with Gasteiger partial charge in [-0.25, -0.2) is 0 Å². The fourth-order valence-electron chi connectivity index (χ4n) is 2.01. The van der Waals surface area contributed by atoms with Gasteiger partial charge < -0.3 is 5.32 Å². The van der Waals surface area contributed by atoms with Crippen LogP contribution in [0.15, 0.2) is 40.2 Å². The van der Waals surface area contributed by atoms with E-state index in [0.29, 0.717) is 12.2 Å². The third-order valence-electron chi connectivity index (χ3n) is 2.97. The Hall–Kier alpha value is -1.66. The summed E-state index contributed by atoms with van der Waals surface area (Å²) in [5, 5.41) is 10.7. The molecule has 1 amide bonds. The van der Waals surface area contributed by atoms with Gasteiger partial charge in [0.05, 0.1) is 9.30 Å². The molecule has 0 radical (unpaired) electrons. The second-order valence-electron chi connectivity index (χ2n) is 4.33. The first kappa shape index (κ1) is 13.3. The Balaban J connectivity index is 1.64. The summed E-state index contributed by atoms with van der Waals surface area (Å²) in [6, 6.07) is 11.7. The smallest absolute Gasteiger partial charge is 0.272 e. The highest BCUT2D eigenvalue weighted by Crippen LogP contribution is 2.22. The molecule has 20 heavy (non-hydrogen) atoms. The van der Waals surface area contributed by atoms with Crippen LogP contribution in [0.5, 0.6) is 0 Å². The SMILES string of the molecule is O=C(NCCc1ccc(Br)s1)c1n[nH]c2ccccc12. The van der Waals surface area contributed by atoms with Crippen LogP contribution in [-0.2, 0) is 6.42 Å². The molecule has 0 saturated heterocycles. The lowest BCUT2D eigenvalue weighted by molar-refractivity contribution is 0.0951. The number of amides is 1. The first-order valence-corrected chi connectivity index (χ1v) is 7.80. The number of benzene rings is 1. The van der Waals surface area contributed by atoms with Crippen LogP contribution >= 0.6 is 27.3 Å². The number of nitrogens with zero attached hydrogens (tertiary/aromatic N) is 1. The number of aromatic amines is 1. The van der Waals surface area contributed by atoms with Crippen molar-refractivity contribution in [2.75, 3.05) is 6.54 Å². The molecule has 2 heterocycles. The van der Waals surface area contributed by atoms with E-state index < -0.39 is 0 Å². The number of carbonyl (C=O) groups excluding carboxylic acids is 1. The van der Waals surface area contributed by atoms with Crippen molar-refractivity contribution in [3.05, 3.63) is 50.8 Å². The van der Waals surface area contributed by atoms with Crippen molar-refractivity contribution in [1.29, 1.82) is 0 Å². The van der Waals surface area contributed by atoms with Crippen molar-refractivity contribution in [3.63, 3.8) is 0 Å². The van der Waals surface area contributed by atoms with Crippen molar-refractivity contribution < 1.29 is 4.79 Å². The Kier molecular flexibility index (Phi) is 3.84. The van der Waals surface area contributed by atoms with Gasteiger partial charge in [0.25, 0.3) is 5.91 Å². The van der Waals surface area contributed by atoms with Crippen molar-refractivity contribution in [1.82, 2.24) is 15.5 Å². The van der Waals surface area contributed by atoms with E-state index in [2.05, 4.69) is 37.5 Å². The minimum absolute atomic E-state index is 0.141. The van der Waals surface area contributed by atoms with Gasteiger partial charge in [-0.1, -0.05) is 18.2 Å². The molecule has 0 fully saturated rings. The standard InChI is InChI=1S/C14H12BrN3OS/c15-12-6-5-9(20-12)7-8-16-14(19)13-10-3-1-2-4-11(10)17-18-13/h1-6H,7-8H2,(H,16,19)(H,17,18). The minimum atomic E-state index is -0.141. The number of fused-ring (bicyclic) bond motifs is 1. The molecule has 2 N–H and O–H groups in total. The normalized spacial score (nSPS) is 10.8. The number of aromatic nitrogens is 2. The van der Waals surface area contributed by atoms with Crippen LogP contribution in [0.1, 0.15) is 15.4 Å². The highest BCUT2D eigenvalue weighted by atomic mass is 79.9. The number of hydrogen-bond donors (Lipinski definition) is 2. The van der Waals surface area contributed by atoms with Crippen molar-refractivity contribution >= 4 is 44.1 Å². The fourth-order valence-corrected chi connectivity index (χ4v) is 3.49. The lowest BCUT2D eigenvalue weighted by atomic mass is 10.2. The Morgan fingerprint density at radius 3 is 2.95 bits per heavy atom. The summed E-state index contributed by atoms with van der Waals surface area (Å²) in [7, 11) is 0. The largest absolute Gasteiger partial charge is 0.350 e. The summed E-state index contributed by atoms with van der Waals surface area (Å²) in [5.74, 6) is -0.141. The highest BCUT2D eigenvalue weighted by Gasteiger charge is 2.13. The molecular formula is C14H12BrN3OS. The number of hydrogen-bond acceptors (Lipinski definition) is 3. The molecule has 6 heteroatoms. The summed E-state index contributed by atoms with van der Waals surface area (Å²) in [6.45, 7) is 0.604. The molecule has 0 atom stereocenters. The molecule has 0 bridgehead atoms. The van der Waals surface area contributed by atoms with E-state index >= 15 is 0 Å². The van der Waals surface area contributed by atoms with Crippen LogP contribution in [0.4, 0.5) is 0 Å². The van der Waals surface area contributed by atoms with E-state index in [1.165, 1.54) is 4.88 Å². The number of rotatable bonds is 4. The van der Waals surface area contributed by atoms with Crippen LogP contribution < -0.4 is 5.32 Å². The summed E-state index contributed by atoms with van der Waals surface area (Å²) < 4.78 is 1.11. The van der Waals surface area contributed by atoms with Crippen molar-refractivity contribution in [3.8, 4) is 0 Å². The van der Waals surface area contributed by atoms with E-state index in [4.69, 9.17) is 0 Å². The first-order valence-electron chi connectivity index (χ1n) is 6.19. The van der Waals surface area contributed by atoms with Crippen LogP contribution in [0, 0.1) is 0 Å². The number of nitrogens with one attached hydrogen (secondary N) is 2. The zero-order chi connectivity index (χ0) is 13.9. The van der Waals surface area contributed by atoms with Gasteiger partial charge in [-0.3, -0.25) is 9.89 Å². The van der Waals surface area contributed by atoms with Crippen LogP contribution in [0.25, 0.3) is 10.9 Å². The third-order valence-corrected chi connectivity index (χ3v) is 4.65. The maximum Gasteiger partial charge on any atom is 0.272 e. The number of halogens is 1. The number of H-pyrrole nitrogens is 1. The second kappa shape index (κ2) is 5.76. The number of thiophene rings is 1. The van der Waals surface area contributed by atoms with Gasteiger partial charge in [-0.2, -0.15) is 5.10 Å². The fraction of sp³-hybridized carbons (Fsp3) is 0.143. The highest BCUT2D eigenvalue weighted by molar-refractivity contribution is 9.11. The minimum Gasteiger partial charge on any atom is -0.350 e. The zero-order valence-corrected chi connectivity index (χ0v) is 12.9. The topological polar surface area (TPSA) is 57.8 Å². The van der Waals surface area contributed by atoms with Gasteiger partial charge in [0.15, 0.2) is 5.69 Å². The predicted molar refractivity (Wildman–Crippen MR) is 84.1 cm³/mol. The van der Waals surface area contributed by atoms with Gasteiger partial charge in [-0.15, -0.1) is 11.3 Å². The lowest BCUT2D eigenvalue weighted by Crippen LogP contribution is -2.26. The van der Waals surface area contributed by atoms with Crippen molar-refractivity contribution in [2.45, 2.75) is 6.42 Å². The molecule has 1 aromatic carbocycles. The Morgan fingerprint density at radius 2 is 2.15 bits per heavy atom. The third kappa shape index (κ3) is 2.76. The van der Waals surface area contributed by atoms with Gasteiger partial charge in [0.1, 0.15) is 0 Å². The van der Waals surface area contributed by atoms with Crippen molar-refractivity contribution in [2.24, 2.45) is 0 Å². The average Bonchev–Trinajstić information content (AvgIpc) is 3.05. The monoisotopic (exact) mass is 349 g/mol.